The quantitative estimate of drug-likeness (QED) is 0.171. The second-order valence-electron chi connectivity index (χ2n) is 13.1. The molecule has 0 bridgehead atoms. The van der Waals surface area contributed by atoms with Crippen LogP contribution in [-0.4, -0.2) is 4.57 Å². The summed E-state index contributed by atoms with van der Waals surface area (Å²) in [4.78, 5) is 1.93. The van der Waals surface area contributed by atoms with Crippen LogP contribution in [0.15, 0.2) is 206 Å². The predicted octanol–water partition coefficient (Wildman–Crippen LogP) is 13.9. The highest BCUT2D eigenvalue weighted by molar-refractivity contribution is 6.19. The smallest absolute Gasteiger partial charge is 0.0651 e. The van der Waals surface area contributed by atoms with Gasteiger partial charge in [0.2, 0.25) is 0 Å². The Labute approximate surface area is 308 Å². The molecule has 0 spiro atoms. The van der Waals surface area contributed by atoms with Crippen molar-refractivity contribution in [1.82, 2.24) is 4.57 Å². The van der Waals surface area contributed by atoms with Crippen LogP contribution in [0.4, 0.5) is 17.1 Å². The Hall–Kier alpha value is -6.90. The second kappa shape index (κ2) is 12.5. The van der Waals surface area contributed by atoms with Gasteiger partial charge in [-0.2, -0.15) is 0 Å². The van der Waals surface area contributed by atoms with Crippen LogP contribution in [0, 0.1) is 0 Å². The first kappa shape index (κ1) is 26.0. The average molecular weight is 667 g/mol. The normalized spacial score (nSPS) is 12.5. The monoisotopic (exact) mass is 666 g/mol. The molecule has 0 aliphatic heterocycles. The van der Waals surface area contributed by atoms with Gasteiger partial charge < -0.3 is 9.47 Å². The van der Waals surface area contributed by atoms with E-state index < -0.39 is 0 Å². The van der Waals surface area contributed by atoms with Crippen molar-refractivity contribution in [2.45, 2.75) is 0 Å². The minimum Gasteiger partial charge on any atom is -0.310 e. The first-order valence-electron chi connectivity index (χ1n) is 19.5. The zero-order valence-electron chi connectivity index (χ0n) is 32.2. The molecule has 10 rings (SSSR count). The largest absolute Gasteiger partial charge is 0.310 e. The Balaban J connectivity index is 1.26. The van der Waals surface area contributed by atoms with Crippen molar-refractivity contribution in [1.29, 1.82) is 0 Å². The maximum absolute atomic E-state index is 9.82. The molecule has 1 aromatic heterocycles. The lowest BCUT2D eigenvalue weighted by Gasteiger charge is -2.27. The van der Waals surface area contributed by atoms with Gasteiger partial charge in [-0.1, -0.05) is 146 Å². The number of para-hydroxylation sites is 2. The third-order valence-corrected chi connectivity index (χ3v) is 10.0. The molecule has 10 aromatic rings. The number of benzene rings is 9. The van der Waals surface area contributed by atoms with Gasteiger partial charge in [0.1, 0.15) is 0 Å². The van der Waals surface area contributed by atoms with Crippen molar-refractivity contribution in [3.8, 4) is 27.9 Å². The Morgan fingerprint density at radius 2 is 1.06 bits per heavy atom. The summed E-state index contributed by atoms with van der Waals surface area (Å²) in [5, 5.41) is 6.37. The number of fused-ring (bicyclic) bond motifs is 6. The summed E-state index contributed by atoms with van der Waals surface area (Å²) in [6, 6.07) is 61.2. The van der Waals surface area contributed by atoms with Gasteiger partial charge >= 0.3 is 0 Å². The second-order valence-corrected chi connectivity index (χ2v) is 13.1. The van der Waals surface area contributed by atoms with E-state index in [1.165, 1.54) is 0 Å². The van der Waals surface area contributed by atoms with Crippen molar-refractivity contribution >= 4 is 60.4 Å². The molecule has 0 aliphatic rings. The first-order chi connectivity index (χ1) is 27.5. The van der Waals surface area contributed by atoms with E-state index in [-0.39, 0.29) is 29.9 Å². The highest BCUT2D eigenvalue weighted by Gasteiger charge is 2.18. The molecule has 9 aromatic carbocycles. The molecule has 0 unspecified atom stereocenters. The molecule has 0 saturated carbocycles. The number of aromatic nitrogens is 1. The molecule has 2 heteroatoms. The lowest BCUT2D eigenvalue weighted by Crippen LogP contribution is -2.10. The molecule has 0 radical (unpaired) electrons. The molecular weight excluding hydrogens is 629 g/mol. The number of hydrogen-bond donors (Lipinski definition) is 0. The summed E-state index contributed by atoms with van der Waals surface area (Å²) in [5.41, 5.74) is 8.06. The molecule has 52 heavy (non-hydrogen) atoms. The van der Waals surface area contributed by atoms with E-state index in [1.54, 1.807) is 0 Å². The zero-order chi connectivity index (χ0) is 37.9. The molecule has 1 heterocycles. The van der Waals surface area contributed by atoms with Gasteiger partial charge in [-0.15, -0.1) is 0 Å². The van der Waals surface area contributed by atoms with Crippen molar-refractivity contribution in [3.05, 3.63) is 206 Å². The van der Waals surface area contributed by atoms with E-state index >= 15 is 0 Å². The Morgan fingerprint density at radius 1 is 0.404 bits per heavy atom. The average Bonchev–Trinajstić information content (AvgIpc) is 3.60. The fourth-order valence-electron chi connectivity index (χ4n) is 7.53. The van der Waals surface area contributed by atoms with Crippen LogP contribution in [-0.2, 0) is 0 Å². The number of anilines is 3. The van der Waals surface area contributed by atoms with Crippen molar-refractivity contribution < 1.29 is 5.48 Å². The molecule has 244 valence electrons. The number of hydrogen-bond acceptors (Lipinski definition) is 1. The summed E-state index contributed by atoms with van der Waals surface area (Å²) >= 11 is 0. The van der Waals surface area contributed by atoms with Crippen LogP contribution in [0.2, 0.25) is 0 Å². The maximum Gasteiger partial charge on any atom is 0.0651 e. The maximum atomic E-state index is 9.82. The third kappa shape index (κ3) is 5.12. The molecular formula is C50H34N2. The van der Waals surface area contributed by atoms with Crippen molar-refractivity contribution in [3.63, 3.8) is 0 Å². The van der Waals surface area contributed by atoms with Gasteiger partial charge in [-0.3, -0.25) is 0 Å². The Bertz CT molecular complexity index is 3120. The highest BCUT2D eigenvalue weighted by atomic mass is 15.1. The molecule has 0 saturated heterocycles. The topological polar surface area (TPSA) is 8.17 Å². The van der Waals surface area contributed by atoms with Crippen molar-refractivity contribution in [2.75, 3.05) is 4.90 Å². The van der Waals surface area contributed by atoms with E-state index in [0.717, 1.165) is 71.5 Å². The summed E-state index contributed by atoms with van der Waals surface area (Å²) in [7, 11) is 0. The van der Waals surface area contributed by atoms with E-state index in [4.69, 9.17) is 2.74 Å². The van der Waals surface area contributed by atoms with Gasteiger partial charge in [0.25, 0.3) is 0 Å². The molecule has 0 atom stereocenters. The highest BCUT2D eigenvalue weighted by Crippen LogP contribution is 2.42. The Kier molecular flexibility index (Phi) is 6.22. The third-order valence-electron chi connectivity index (χ3n) is 10.0. The molecule has 2 nitrogen and oxygen atoms in total. The standard InChI is InChI=1S/C50H34N2/c1-3-12-35(13-4-1)37-24-28-43(29-25-37)51(44-19-11-16-40(33-44)41-23-22-36-14-7-8-15-39(36)32-41)45-30-26-38-27-31-47-46-20-9-10-21-49(46)52(50(47)48(38)34-45)42-17-5-2-6-18-42/h1-34H/i11D,16D,19D,33D. The Morgan fingerprint density at radius 3 is 1.90 bits per heavy atom. The number of rotatable bonds is 6. The van der Waals surface area contributed by atoms with Crippen LogP contribution >= 0.6 is 0 Å². The molecule has 0 N–H and O–H groups in total. The van der Waals surface area contributed by atoms with Gasteiger partial charge in [-0.05, 0) is 99.0 Å². The predicted molar refractivity (Wildman–Crippen MR) is 221 cm³/mol. The van der Waals surface area contributed by atoms with Crippen molar-refractivity contribution in [2.24, 2.45) is 0 Å². The van der Waals surface area contributed by atoms with Gasteiger partial charge in [-0.25, -0.2) is 0 Å². The SMILES string of the molecule is [2H]c1c([2H])c(-c2ccc3ccccc3c2)c([2H])c(N(c2ccc(-c3ccccc3)cc2)c2ccc3ccc4c5ccccc5n(-c5ccccc5)c4c3c2)c1[2H]. The lowest BCUT2D eigenvalue weighted by molar-refractivity contribution is 1.19. The zero-order valence-corrected chi connectivity index (χ0v) is 28.2. The molecule has 0 aliphatic carbocycles. The minimum atomic E-state index is -0.225. The van der Waals surface area contributed by atoms with Crippen LogP contribution in [0.1, 0.15) is 5.48 Å². The first-order valence-corrected chi connectivity index (χ1v) is 17.5. The van der Waals surface area contributed by atoms with Crippen LogP contribution in [0.3, 0.4) is 0 Å². The summed E-state index contributed by atoms with van der Waals surface area (Å²) in [6.07, 6.45) is 0. The summed E-state index contributed by atoms with van der Waals surface area (Å²) in [5.74, 6) is 0. The van der Waals surface area contributed by atoms with Gasteiger partial charge in [0.15, 0.2) is 0 Å². The lowest BCUT2D eigenvalue weighted by atomic mass is 10.00. The molecule has 0 fully saturated rings. The van der Waals surface area contributed by atoms with Crippen LogP contribution < -0.4 is 4.90 Å². The fourth-order valence-corrected chi connectivity index (χ4v) is 7.53. The van der Waals surface area contributed by atoms with Gasteiger partial charge in [0, 0.05) is 38.9 Å². The number of nitrogens with zero attached hydrogens (tertiary/aromatic N) is 2. The van der Waals surface area contributed by atoms with Crippen LogP contribution in [0.5, 0.6) is 0 Å². The fraction of sp³-hybridized carbons (Fsp3) is 0. The van der Waals surface area contributed by atoms with E-state index in [1.807, 2.05) is 89.8 Å². The van der Waals surface area contributed by atoms with E-state index in [2.05, 4.69) is 102 Å². The van der Waals surface area contributed by atoms with E-state index in [0.29, 0.717) is 11.1 Å². The minimum absolute atomic E-state index is 0.0233. The van der Waals surface area contributed by atoms with Crippen LogP contribution in [0.25, 0.3) is 71.3 Å². The van der Waals surface area contributed by atoms with E-state index in [9.17, 15) is 2.74 Å². The summed E-state index contributed by atoms with van der Waals surface area (Å²) < 4.78 is 39.8. The summed E-state index contributed by atoms with van der Waals surface area (Å²) in [6.45, 7) is 0. The molecule has 0 amide bonds. The van der Waals surface area contributed by atoms with Gasteiger partial charge in [0.05, 0.1) is 16.5 Å².